The first kappa shape index (κ1) is 36.8. The van der Waals surface area contributed by atoms with Gasteiger partial charge in [0.1, 0.15) is 18.2 Å². The van der Waals surface area contributed by atoms with Crippen LogP contribution in [0.3, 0.4) is 0 Å². The van der Waals surface area contributed by atoms with E-state index in [1.54, 1.807) is 6.07 Å². The van der Waals surface area contributed by atoms with Gasteiger partial charge in [0.15, 0.2) is 11.5 Å². The highest BCUT2D eigenvalue weighted by Gasteiger charge is 2.46. The van der Waals surface area contributed by atoms with Gasteiger partial charge < -0.3 is 15.1 Å². The summed E-state index contributed by atoms with van der Waals surface area (Å²) in [6.45, 7) is 14.4. The normalized spacial score (nSPS) is 19.0. The van der Waals surface area contributed by atoms with Crippen LogP contribution in [0.5, 0.6) is 0 Å². The summed E-state index contributed by atoms with van der Waals surface area (Å²) in [5, 5.41) is 32.4. The molecule has 1 aromatic heterocycles. The Kier molecular flexibility index (Phi) is 10.3. The molecule has 3 aliphatic rings. The maximum Gasteiger partial charge on any atom is 0.346 e. The molecule has 2 aromatic carbocycles. The molecule has 3 aromatic rings. The summed E-state index contributed by atoms with van der Waals surface area (Å²) in [5.74, 6) is -1.67. The van der Waals surface area contributed by atoms with Crippen LogP contribution in [0.4, 0.5) is 11.4 Å². The Morgan fingerprint density at radius 3 is 2.38 bits per heavy atom. The average Bonchev–Trinajstić information content (AvgIpc) is 3.75. The first-order chi connectivity index (χ1) is 24.8. The molecule has 0 fully saturated rings. The number of para-hydroxylation sites is 1. The number of aliphatic carboxylic acids is 1. The van der Waals surface area contributed by atoms with Gasteiger partial charge in [-0.25, -0.2) is 4.79 Å². The maximum atomic E-state index is 13.9. The number of rotatable bonds is 13. The molecule has 52 heavy (non-hydrogen) atoms. The minimum atomic E-state index is -1.25. The van der Waals surface area contributed by atoms with Crippen molar-refractivity contribution < 1.29 is 24.4 Å². The lowest BCUT2D eigenvalue weighted by molar-refractivity contribution is -0.438. The summed E-state index contributed by atoms with van der Waals surface area (Å²) < 4.78 is 2.30. The number of benzene rings is 2. The molecular formula is C44H47N3O4S. The van der Waals surface area contributed by atoms with Crippen LogP contribution in [-0.4, -0.2) is 40.2 Å². The smallest absolute Gasteiger partial charge is 0.346 e. The van der Waals surface area contributed by atoms with Crippen molar-refractivity contribution in [2.24, 2.45) is 0 Å². The van der Waals surface area contributed by atoms with Gasteiger partial charge in [-0.05, 0) is 80.8 Å². The van der Waals surface area contributed by atoms with Crippen molar-refractivity contribution in [3.8, 4) is 16.5 Å². The predicted molar refractivity (Wildman–Crippen MR) is 208 cm³/mol. The van der Waals surface area contributed by atoms with Gasteiger partial charge in [0.25, 0.3) is 0 Å². The minimum Gasteiger partial charge on any atom is -0.871 e. The topological polar surface area (TPSA) is 107 Å². The van der Waals surface area contributed by atoms with Gasteiger partial charge in [-0.15, -0.1) is 11.3 Å². The highest BCUT2D eigenvalue weighted by atomic mass is 32.1. The molecule has 0 atom stereocenters. The van der Waals surface area contributed by atoms with E-state index >= 15 is 0 Å². The number of carboxylic acids is 1. The molecule has 268 valence electrons. The predicted octanol–water partition coefficient (Wildman–Crippen LogP) is 8.97. The van der Waals surface area contributed by atoms with Crippen LogP contribution in [0, 0.1) is 11.3 Å². The fourth-order valence-corrected chi connectivity index (χ4v) is 8.81. The van der Waals surface area contributed by atoms with Gasteiger partial charge >= 0.3 is 5.97 Å². The molecule has 1 aliphatic carbocycles. The number of carboxylic acid groups (broad SMARTS) is 1. The lowest BCUT2D eigenvalue weighted by Crippen LogP contribution is -2.35. The largest absolute Gasteiger partial charge is 0.871 e. The molecule has 0 saturated carbocycles. The zero-order chi connectivity index (χ0) is 37.4. The molecule has 1 N–H and O–H groups in total. The molecule has 0 unspecified atom stereocenters. The van der Waals surface area contributed by atoms with Gasteiger partial charge in [-0.2, -0.15) is 9.84 Å². The van der Waals surface area contributed by atoms with Crippen molar-refractivity contribution in [2.75, 3.05) is 18.0 Å². The van der Waals surface area contributed by atoms with Crippen molar-refractivity contribution in [2.45, 2.75) is 90.9 Å². The maximum absolute atomic E-state index is 13.9. The number of likely N-dealkylation sites (N-methyl/N-ethyl adjacent to an activating group) is 1. The number of nitriles is 1. The fourth-order valence-electron chi connectivity index (χ4n) is 7.86. The molecule has 8 heteroatoms. The SMILES string of the molecule is CCCCCCCC[N+]1=C(/C=C2\C(=O)C(/C=C3/N(CC)c4ccccc4C3(C)C)=C2[O-])C(C)(C)c2cc(-c3ccc(/C=C(\C#N)C(=O)O)s3)ccc21. The van der Waals surface area contributed by atoms with Crippen LogP contribution in [0.25, 0.3) is 16.5 Å². The Balaban J connectivity index is 1.36. The van der Waals surface area contributed by atoms with Gasteiger partial charge in [-0.1, -0.05) is 70.4 Å². The minimum absolute atomic E-state index is 0.211. The van der Waals surface area contributed by atoms with E-state index in [-0.39, 0.29) is 33.7 Å². The number of anilines is 1. The molecule has 3 heterocycles. The third-order valence-electron chi connectivity index (χ3n) is 10.8. The first-order valence-electron chi connectivity index (χ1n) is 18.4. The number of allylic oxidation sites excluding steroid dienone is 5. The van der Waals surface area contributed by atoms with Crippen LogP contribution >= 0.6 is 11.3 Å². The highest BCUT2D eigenvalue weighted by molar-refractivity contribution is 7.16. The lowest BCUT2D eigenvalue weighted by Gasteiger charge is -2.32. The van der Waals surface area contributed by atoms with E-state index in [0.29, 0.717) is 4.88 Å². The van der Waals surface area contributed by atoms with Gasteiger partial charge in [0.05, 0.1) is 5.41 Å². The number of fused-ring (bicyclic) bond motifs is 2. The monoisotopic (exact) mass is 713 g/mol. The van der Waals surface area contributed by atoms with E-state index in [2.05, 4.69) is 81.3 Å². The Labute approximate surface area is 311 Å². The van der Waals surface area contributed by atoms with Crippen molar-refractivity contribution in [3.05, 3.63) is 111 Å². The third kappa shape index (κ3) is 6.47. The molecule has 7 nitrogen and oxygen atoms in total. The zero-order valence-corrected chi connectivity index (χ0v) is 31.8. The number of nitrogens with zero attached hydrogens (tertiary/aromatic N) is 3. The molecular weight excluding hydrogens is 667 g/mol. The number of thiophene rings is 1. The Bertz CT molecular complexity index is 2150. The first-order valence-corrected chi connectivity index (χ1v) is 19.2. The Morgan fingerprint density at radius 1 is 0.962 bits per heavy atom. The molecule has 2 aliphatic heterocycles. The quantitative estimate of drug-likeness (QED) is 0.0820. The van der Waals surface area contributed by atoms with Crippen molar-refractivity contribution >= 4 is 46.3 Å². The second-order valence-corrected chi connectivity index (χ2v) is 16.0. The summed E-state index contributed by atoms with van der Waals surface area (Å²) in [7, 11) is 0. The van der Waals surface area contributed by atoms with Gasteiger partial charge in [0, 0.05) is 68.4 Å². The summed E-state index contributed by atoms with van der Waals surface area (Å²) in [6.07, 6.45) is 12.0. The molecule has 6 rings (SSSR count). The molecule has 0 bridgehead atoms. The lowest BCUT2D eigenvalue weighted by atomic mass is 9.77. The van der Waals surface area contributed by atoms with Crippen LogP contribution in [-0.2, 0) is 20.4 Å². The van der Waals surface area contributed by atoms with Gasteiger partial charge in [-0.3, -0.25) is 4.79 Å². The molecule has 0 spiro atoms. The summed E-state index contributed by atoms with van der Waals surface area (Å²) in [4.78, 5) is 29.1. The highest BCUT2D eigenvalue weighted by Crippen LogP contribution is 2.49. The standard InChI is InChI=1S/C44H47N3O4S/c1-7-9-10-11-12-15-22-47-36-20-18-28(37-21-19-30(52-37)23-29(27-45)42(50)51)24-34(36)44(5,6)39(47)26-32-40(48)31(41(32)49)25-38-43(3,4)33-16-13-14-17-35(33)46(38)8-2/h13-14,16-21,23-26H,7-12,15,22H2,1-6H3,(H-,48,49,50,51)/b29-23+. The second-order valence-electron chi connectivity index (χ2n) is 14.9. The number of carbonyl (C=O) groups is 2. The number of Topliss-reactive ketones (excluding diaryl/α,β-unsaturated/α-hetero) is 1. The van der Waals surface area contributed by atoms with Crippen LogP contribution in [0.2, 0.25) is 0 Å². The number of hydrogen-bond donors (Lipinski definition) is 1. The summed E-state index contributed by atoms with van der Waals surface area (Å²) in [6, 6.07) is 20.2. The van der Waals surface area contributed by atoms with Crippen LogP contribution < -0.4 is 10.0 Å². The summed E-state index contributed by atoms with van der Waals surface area (Å²) >= 11 is 1.43. The number of ketones is 1. The van der Waals surface area contributed by atoms with E-state index in [9.17, 15) is 25.1 Å². The van der Waals surface area contributed by atoms with E-state index in [0.717, 1.165) is 64.7 Å². The fraction of sp³-hybridized carbons (Fsp3) is 0.364. The van der Waals surface area contributed by atoms with Crippen LogP contribution in [0.15, 0.2) is 94.9 Å². The number of carbonyl (C=O) groups excluding carboxylic acids is 1. The van der Waals surface area contributed by atoms with Gasteiger partial charge in [0.2, 0.25) is 5.69 Å². The number of hydrogen-bond acceptors (Lipinski definition) is 6. The molecule has 0 radical (unpaired) electrons. The summed E-state index contributed by atoms with van der Waals surface area (Å²) in [5.41, 5.74) is 6.68. The number of unbranched alkanes of at least 4 members (excludes halogenated alkanes) is 5. The van der Waals surface area contributed by atoms with Crippen molar-refractivity contribution in [1.82, 2.24) is 0 Å². The van der Waals surface area contributed by atoms with E-state index in [4.69, 9.17) is 0 Å². The molecule has 0 amide bonds. The zero-order valence-electron chi connectivity index (χ0n) is 31.0. The van der Waals surface area contributed by atoms with E-state index in [1.807, 2.05) is 36.4 Å². The molecule has 0 saturated heterocycles. The van der Waals surface area contributed by atoms with E-state index < -0.39 is 11.4 Å². The average molecular weight is 714 g/mol. The third-order valence-corrected chi connectivity index (χ3v) is 11.9. The van der Waals surface area contributed by atoms with E-state index in [1.165, 1.54) is 48.7 Å². The second kappa shape index (κ2) is 14.6. The van der Waals surface area contributed by atoms with Crippen molar-refractivity contribution in [3.63, 3.8) is 0 Å². The Morgan fingerprint density at radius 2 is 1.69 bits per heavy atom. The Hall–Kier alpha value is -5.00. The van der Waals surface area contributed by atoms with Crippen LogP contribution in [0.1, 0.15) is 96.1 Å². The van der Waals surface area contributed by atoms with Crippen molar-refractivity contribution in [1.29, 1.82) is 5.26 Å².